The van der Waals surface area contributed by atoms with Gasteiger partial charge in [0.2, 0.25) is 0 Å². The van der Waals surface area contributed by atoms with Crippen LogP contribution in [0.15, 0.2) is 24.5 Å². The molecular weight excluding hydrogens is 174 g/mol. The van der Waals surface area contributed by atoms with Crippen LogP contribution in [0.5, 0.6) is 0 Å². The molecular formula is C12H19NO. The van der Waals surface area contributed by atoms with Crippen molar-refractivity contribution >= 4 is 0 Å². The molecule has 0 saturated carbocycles. The third-order valence-electron chi connectivity index (χ3n) is 2.16. The molecule has 1 atom stereocenters. The Hall–Kier alpha value is -0.890. The second-order valence-electron chi connectivity index (χ2n) is 4.63. The van der Waals surface area contributed by atoms with Crippen LogP contribution in [0.4, 0.5) is 0 Å². The monoisotopic (exact) mass is 193 g/mol. The summed E-state index contributed by atoms with van der Waals surface area (Å²) < 4.78 is 0. The molecule has 0 aliphatic heterocycles. The maximum atomic E-state index is 10.1. The highest BCUT2D eigenvalue weighted by molar-refractivity contribution is 5.11. The van der Waals surface area contributed by atoms with Crippen molar-refractivity contribution in [2.45, 2.75) is 39.2 Å². The van der Waals surface area contributed by atoms with Gasteiger partial charge in [-0.3, -0.25) is 4.98 Å². The van der Waals surface area contributed by atoms with Crippen LogP contribution in [-0.4, -0.2) is 15.7 Å². The van der Waals surface area contributed by atoms with Crippen molar-refractivity contribution in [2.75, 3.05) is 0 Å². The van der Waals surface area contributed by atoms with E-state index in [1.807, 2.05) is 25.3 Å². The highest BCUT2D eigenvalue weighted by atomic mass is 16.3. The van der Waals surface area contributed by atoms with Gasteiger partial charge in [-0.05, 0) is 30.9 Å². The van der Waals surface area contributed by atoms with Crippen molar-refractivity contribution in [3.8, 4) is 0 Å². The van der Waals surface area contributed by atoms with Crippen molar-refractivity contribution in [1.29, 1.82) is 0 Å². The average molecular weight is 193 g/mol. The van der Waals surface area contributed by atoms with Gasteiger partial charge in [-0.25, -0.2) is 0 Å². The first-order valence-electron chi connectivity index (χ1n) is 5.11. The second-order valence-corrected chi connectivity index (χ2v) is 4.63. The molecule has 0 spiro atoms. The van der Waals surface area contributed by atoms with Gasteiger partial charge in [-0.2, -0.15) is 0 Å². The van der Waals surface area contributed by atoms with Crippen molar-refractivity contribution < 1.29 is 5.11 Å². The minimum atomic E-state index is -0.614. The molecule has 0 bridgehead atoms. The Morgan fingerprint density at radius 2 is 2.21 bits per heavy atom. The quantitative estimate of drug-likeness (QED) is 0.796. The largest absolute Gasteiger partial charge is 0.390 e. The van der Waals surface area contributed by atoms with E-state index < -0.39 is 5.60 Å². The van der Waals surface area contributed by atoms with Gasteiger partial charge in [0.1, 0.15) is 0 Å². The van der Waals surface area contributed by atoms with E-state index in [9.17, 15) is 5.11 Å². The summed E-state index contributed by atoms with van der Waals surface area (Å²) >= 11 is 0. The number of aliphatic hydroxyl groups is 1. The van der Waals surface area contributed by atoms with Crippen LogP contribution in [0.3, 0.4) is 0 Å². The second kappa shape index (κ2) is 4.56. The zero-order valence-electron chi connectivity index (χ0n) is 9.20. The van der Waals surface area contributed by atoms with E-state index in [1.165, 1.54) is 0 Å². The molecule has 14 heavy (non-hydrogen) atoms. The Balaban J connectivity index is 2.59. The first-order chi connectivity index (χ1) is 6.49. The van der Waals surface area contributed by atoms with E-state index in [0.717, 1.165) is 12.0 Å². The van der Waals surface area contributed by atoms with Crippen molar-refractivity contribution in [3.05, 3.63) is 30.1 Å². The Morgan fingerprint density at radius 1 is 1.50 bits per heavy atom. The molecule has 2 heteroatoms. The van der Waals surface area contributed by atoms with Gasteiger partial charge in [0, 0.05) is 18.8 Å². The fourth-order valence-electron chi connectivity index (χ4n) is 1.89. The molecule has 78 valence electrons. The van der Waals surface area contributed by atoms with Crippen LogP contribution in [0.25, 0.3) is 0 Å². The molecule has 0 radical (unpaired) electrons. The van der Waals surface area contributed by atoms with Crippen LogP contribution >= 0.6 is 0 Å². The summed E-state index contributed by atoms with van der Waals surface area (Å²) in [7, 11) is 0. The molecule has 1 N–H and O–H groups in total. The van der Waals surface area contributed by atoms with Crippen LogP contribution < -0.4 is 0 Å². The molecule has 1 rings (SSSR count). The summed E-state index contributed by atoms with van der Waals surface area (Å²) in [6.07, 6.45) is 5.07. The lowest BCUT2D eigenvalue weighted by Crippen LogP contribution is -2.29. The lowest BCUT2D eigenvalue weighted by Gasteiger charge is -2.25. The van der Waals surface area contributed by atoms with E-state index in [-0.39, 0.29) is 0 Å². The van der Waals surface area contributed by atoms with Gasteiger partial charge in [-0.15, -0.1) is 0 Å². The van der Waals surface area contributed by atoms with E-state index in [1.54, 1.807) is 6.20 Å². The highest BCUT2D eigenvalue weighted by Gasteiger charge is 2.22. The van der Waals surface area contributed by atoms with Gasteiger partial charge < -0.3 is 5.11 Å². The van der Waals surface area contributed by atoms with Crippen LogP contribution in [-0.2, 0) is 6.42 Å². The summed E-state index contributed by atoms with van der Waals surface area (Å²) in [5, 5.41) is 10.1. The molecule has 0 aliphatic rings. The Labute approximate surface area is 86.0 Å². The van der Waals surface area contributed by atoms with Crippen molar-refractivity contribution in [1.82, 2.24) is 4.98 Å². The zero-order chi connectivity index (χ0) is 10.6. The number of rotatable bonds is 4. The van der Waals surface area contributed by atoms with Crippen molar-refractivity contribution in [2.24, 2.45) is 5.92 Å². The molecule has 0 fully saturated rings. The minimum Gasteiger partial charge on any atom is -0.390 e. The van der Waals surface area contributed by atoms with Crippen LogP contribution in [0.1, 0.15) is 32.8 Å². The summed E-state index contributed by atoms with van der Waals surface area (Å²) in [4.78, 5) is 4.04. The molecule has 0 aromatic carbocycles. The summed E-state index contributed by atoms with van der Waals surface area (Å²) in [6, 6.07) is 3.91. The normalized spacial score (nSPS) is 15.5. The molecule has 2 nitrogen and oxygen atoms in total. The van der Waals surface area contributed by atoms with Crippen LogP contribution in [0, 0.1) is 5.92 Å². The molecule has 1 unspecified atom stereocenters. The predicted molar refractivity (Wildman–Crippen MR) is 58.0 cm³/mol. The van der Waals surface area contributed by atoms with E-state index in [4.69, 9.17) is 0 Å². The van der Waals surface area contributed by atoms with E-state index in [2.05, 4.69) is 18.8 Å². The number of pyridine rings is 1. The first kappa shape index (κ1) is 11.2. The smallest absolute Gasteiger partial charge is 0.0662 e. The Kier molecular flexibility index (Phi) is 3.64. The fourth-order valence-corrected chi connectivity index (χ4v) is 1.89. The molecule has 1 aromatic heterocycles. The fraction of sp³-hybridized carbons (Fsp3) is 0.583. The van der Waals surface area contributed by atoms with Gasteiger partial charge >= 0.3 is 0 Å². The van der Waals surface area contributed by atoms with E-state index >= 15 is 0 Å². The zero-order valence-corrected chi connectivity index (χ0v) is 9.20. The lowest BCUT2D eigenvalue weighted by atomic mass is 9.89. The summed E-state index contributed by atoms with van der Waals surface area (Å²) in [5.41, 5.74) is 0.482. The SMILES string of the molecule is CC(C)CC(C)(O)Cc1cccnc1. The third kappa shape index (κ3) is 3.88. The molecule has 0 amide bonds. The molecule has 0 aliphatic carbocycles. The Morgan fingerprint density at radius 3 is 2.71 bits per heavy atom. The van der Waals surface area contributed by atoms with Gasteiger partial charge in [0.05, 0.1) is 5.60 Å². The maximum Gasteiger partial charge on any atom is 0.0662 e. The van der Waals surface area contributed by atoms with Crippen molar-refractivity contribution in [3.63, 3.8) is 0 Å². The molecule has 1 aromatic rings. The predicted octanol–water partition coefficient (Wildman–Crippen LogP) is 2.42. The standard InChI is InChI=1S/C12H19NO/c1-10(2)7-12(3,14)8-11-5-4-6-13-9-11/h4-6,9-10,14H,7-8H2,1-3H3. The molecule has 0 saturated heterocycles. The minimum absolute atomic E-state index is 0.515. The average Bonchev–Trinajstić information content (AvgIpc) is 2.02. The number of hydrogen-bond acceptors (Lipinski definition) is 2. The maximum absolute atomic E-state index is 10.1. The summed E-state index contributed by atoms with van der Waals surface area (Å²) in [5.74, 6) is 0.515. The van der Waals surface area contributed by atoms with E-state index in [0.29, 0.717) is 12.3 Å². The number of aromatic nitrogens is 1. The topological polar surface area (TPSA) is 33.1 Å². The number of hydrogen-bond donors (Lipinski definition) is 1. The third-order valence-corrected chi connectivity index (χ3v) is 2.16. The van der Waals surface area contributed by atoms with Gasteiger partial charge in [-0.1, -0.05) is 19.9 Å². The highest BCUT2D eigenvalue weighted by Crippen LogP contribution is 2.20. The molecule has 1 heterocycles. The van der Waals surface area contributed by atoms with Crippen LogP contribution in [0.2, 0.25) is 0 Å². The van der Waals surface area contributed by atoms with Gasteiger partial charge in [0.25, 0.3) is 0 Å². The van der Waals surface area contributed by atoms with Gasteiger partial charge in [0.15, 0.2) is 0 Å². The Bertz CT molecular complexity index is 267. The summed E-state index contributed by atoms with van der Waals surface area (Å²) in [6.45, 7) is 6.13. The lowest BCUT2D eigenvalue weighted by molar-refractivity contribution is 0.0387. The number of nitrogens with zero attached hydrogens (tertiary/aromatic N) is 1. The first-order valence-corrected chi connectivity index (χ1v) is 5.11.